The Hall–Kier alpha value is -1.06. The molecule has 5 unspecified atom stereocenters. The Morgan fingerprint density at radius 1 is 1.30 bits per heavy atom. The summed E-state index contributed by atoms with van der Waals surface area (Å²) in [6.07, 6.45) is 4.87. The second-order valence-electron chi connectivity index (χ2n) is 6.61. The molecular formula is C16H28N2O2. The SMILES string of the molecule is CCC(C)C1NC(=O)C(CC)N(C2CCC(C)C2)C1=O. The second-order valence-corrected chi connectivity index (χ2v) is 6.61. The van der Waals surface area contributed by atoms with Gasteiger partial charge < -0.3 is 10.2 Å². The van der Waals surface area contributed by atoms with Gasteiger partial charge in [-0.25, -0.2) is 0 Å². The van der Waals surface area contributed by atoms with Crippen LogP contribution in [0, 0.1) is 11.8 Å². The summed E-state index contributed by atoms with van der Waals surface area (Å²) in [6, 6.07) is -0.329. The highest BCUT2D eigenvalue weighted by Gasteiger charge is 2.45. The summed E-state index contributed by atoms with van der Waals surface area (Å²) in [5, 5.41) is 2.95. The van der Waals surface area contributed by atoms with Crippen molar-refractivity contribution in [1.29, 1.82) is 0 Å². The smallest absolute Gasteiger partial charge is 0.246 e. The summed E-state index contributed by atoms with van der Waals surface area (Å²) in [6.45, 7) is 8.34. The highest BCUT2D eigenvalue weighted by molar-refractivity contribution is 5.97. The molecule has 1 saturated heterocycles. The van der Waals surface area contributed by atoms with Gasteiger partial charge in [-0.3, -0.25) is 9.59 Å². The molecule has 1 aliphatic heterocycles. The predicted octanol–water partition coefficient (Wildman–Crippen LogP) is 2.33. The normalized spacial score (nSPS) is 36.1. The minimum absolute atomic E-state index is 0.0388. The van der Waals surface area contributed by atoms with Crippen molar-refractivity contribution in [3.8, 4) is 0 Å². The maximum absolute atomic E-state index is 12.8. The summed E-state index contributed by atoms with van der Waals surface area (Å²) < 4.78 is 0. The first-order valence-corrected chi connectivity index (χ1v) is 8.12. The van der Waals surface area contributed by atoms with E-state index in [-0.39, 0.29) is 35.9 Å². The quantitative estimate of drug-likeness (QED) is 0.859. The lowest BCUT2D eigenvalue weighted by atomic mass is 9.92. The van der Waals surface area contributed by atoms with Gasteiger partial charge >= 0.3 is 0 Å². The molecule has 1 aliphatic carbocycles. The van der Waals surface area contributed by atoms with Crippen molar-refractivity contribution in [2.75, 3.05) is 0 Å². The molecule has 1 saturated carbocycles. The van der Waals surface area contributed by atoms with E-state index in [4.69, 9.17) is 0 Å². The van der Waals surface area contributed by atoms with Crippen LogP contribution in [0.3, 0.4) is 0 Å². The summed E-state index contributed by atoms with van der Waals surface area (Å²) in [4.78, 5) is 27.1. The molecule has 0 aromatic heterocycles. The van der Waals surface area contributed by atoms with Crippen LogP contribution in [-0.2, 0) is 9.59 Å². The molecule has 114 valence electrons. The van der Waals surface area contributed by atoms with Crippen LogP contribution in [-0.4, -0.2) is 34.8 Å². The molecule has 0 aromatic carbocycles. The molecule has 5 atom stereocenters. The van der Waals surface area contributed by atoms with Crippen LogP contribution in [0.1, 0.15) is 59.8 Å². The molecule has 0 bridgehead atoms. The third-order valence-electron chi connectivity index (χ3n) is 5.12. The lowest BCUT2D eigenvalue weighted by molar-refractivity contribution is -0.153. The minimum Gasteiger partial charge on any atom is -0.342 e. The van der Waals surface area contributed by atoms with Crippen molar-refractivity contribution < 1.29 is 9.59 Å². The Morgan fingerprint density at radius 2 is 2.00 bits per heavy atom. The molecule has 1 N–H and O–H groups in total. The van der Waals surface area contributed by atoms with Crippen LogP contribution in [0.25, 0.3) is 0 Å². The molecule has 0 radical (unpaired) electrons. The van der Waals surface area contributed by atoms with Gasteiger partial charge in [0.2, 0.25) is 11.8 Å². The Bertz CT molecular complexity index is 383. The van der Waals surface area contributed by atoms with Gasteiger partial charge in [0.1, 0.15) is 12.1 Å². The van der Waals surface area contributed by atoms with Crippen molar-refractivity contribution in [2.24, 2.45) is 11.8 Å². The highest BCUT2D eigenvalue weighted by atomic mass is 16.2. The Balaban J connectivity index is 2.23. The number of carbonyl (C=O) groups excluding carboxylic acids is 2. The van der Waals surface area contributed by atoms with E-state index in [0.717, 1.165) is 19.3 Å². The monoisotopic (exact) mass is 280 g/mol. The lowest BCUT2D eigenvalue weighted by Crippen LogP contribution is -2.66. The zero-order valence-corrected chi connectivity index (χ0v) is 13.2. The van der Waals surface area contributed by atoms with E-state index in [1.807, 2.05) is 18.7 Å². The number of carbonyl (C=O) groups is 2. The van der Waals surface area contributed by atoms with E-state index in [1.54, 1.807) is 0 Å². The first kappa shape index (κ1) is 15.3. The Kier molecular flexibility index (Phi) is 4.71. The van der Waals surface area contributed by atoms with Crippen LogP contribution in [0.5, 0.6) is 0 Å². The maximum Gasteiger partial charge on any atom is 0.246 e. The van der Waals surface area contributed by atoms with E-state index in [2.05, 4.69) is 19.2 Å². The standard InChI is InChI=1S/C16H28N2O2/c1-5-11(4)14-16(20)18(12-8-7-10(3)9-12)13(6-2)15(19)17-14/h10-14H,5-9H2,1-4H3,(H,17,19). The number of piperazine rings is 1. The third kappa shape index (κ3) is 2.70. The number of hydrogen-bond acceptors (Lipinski definition) is 2. The van der Waals surface area contributed by atoms with Crippen molar-refractivity contribution in [2.45, 2.75) is 77.9 Å². The zero-order chi connectivity index (χ0) is 14.9. The van der Waals surface area contributed by atoms with E-state index < -0.39 is 0 Å². The fourth-order valence-corrected chi connectivity index (χ4v) is 3.62. The molecule has 2 amide bonds. The number of nitrogens with zero attached hydrogens (tertiary/aromatic N) is 1. The van der Waals surface area contributed by atoms with Crippen LogP contribution in [0.2, 0.25) is 0 Å². The molecule has 0 aromatic rings. The van der Waals surface area contributed by atoms with Gasteiger partial charge in [-0.2, -0.15) is 0 Å². The van der Waals surface area contributed by atoms with Crippen LogP contribution in [0.15, 0.2) is 0 Å². The molecule has 2 fully saturated rings. The van der Waals surface area contributed by atoms with Gasteiger partial charge in [-0.15, -0.1) is 0 Å². The van der Waals surface area contributed by atoms with Gasteiger partial charge in [0.25, 0.3) is 0 Å². The molecule has 4 heteroatoms. The minimum atomic E-state index is -0.328. The van der Waals surface area contributed by atoms with Crippen molar-refractivity contribution in [1.82, 2.24) is 10.2 Å². The van der Waals surface area contributed by atoms with E-state index in [9.17, 15) is 9.59 Å². The lowest BCUT2D eigenvalue weighted by Gasteiger charge is -2.43. The highest BCUT2D eigenvalue weighted by Crippen LogP contribution is 2.33. The van der Waals surface area contributed by atoms with Crippen molar-refractivity contribution >= 4 is 11.8 Å². The van der Waals surface area contributed by atoms with Crippen molar-refractivity contribution in [3.63, 3.8) is 0 Å². The van der Waals surface area contributed by atoms with Crippen LogP contribution in [0.4, 0.5) is 0 Å². The topological polar surface area (TPSA) is 49.4 Å². The van der Waals surface area contributed by atoms with Crippen LogP contribution < -0.4 is 5.32 Å². The van der Waals surface area contributed by atoms with Crippen molar-refractivity contribution in [3.05, 3.63) is 0 Å². The molecular weight excluding hydrogens is 252 g/mol. The van der Waals surface area contributed by atoms with E-state index in [1.165, 1.54) is 6.42 Å². The molecule has 20 heavy (non-hydrogen) atoms. The predicted molar refractivity (Wildman–Crippen MR) is 79.1 cm³/mol. The molecule has 2 aliphatic rings. The molecule has 4 nitrogen and oxygen atoms in total. The fraction of sp³-hybridized carbons (Fsp3) is 0.875. The third-order valence-corrected chi connectivity index (χ3v) is 5.12. The fourth-order valence-electron chi connectivity index (χ4n) is 3.62. The summed E-state index contributed by atoms with van der Waals surface area (Å²) in [5.74, 6) is 1.05. The first-order valence-electron chi connectivity index (χ1n) is 8.12. The average molecular weight is 280 g/mol. The summed E-state index contributed by atoms with van der Waals surface area (Å²) in [5.41, 5.74) is 0. The first-order chi connectivity index (χ1) is 9.49. The molecule has 0 spiro atoms. The molecule has 1 heterocycles. The maximum atomic E-state index is 12.8. The van der Waals surface area contributed by atoms with Gasteiger partial charge in [-0.1, -0.05) is 34.1 Å². The van der Waals surface area contributed by atoms with E-state index in [0.29, 0.717) is 12.3 Å². The van der Waals surface area contributed by atoms with Gasteiger partial charge in [0.05, 0.1) is 0 Å². The second kappa shape index (κ2) is 6.15. The Labute approximate surface area is 122 Å². The van der Waals surface area contributed by atoms with Gasteiger partial charge in [-0.05, 0) is 37.5 Å². The van der Waals surface area contributed by atoms with E-state index >= 15 is 0 Å². The Morgan fingerprint density at radius 3 is 2.50 bits per heavy atom. The summed E-state index contributed by atoms with van der Waals surface area (Å²) >= 11 is 0. The number of nitrogens with one attached hydrogen (secondary N) is 1. The average Bonchev–Trinajstić information content (AvgIpc) is 2.85. The van der Waals surface area contributed by atoms with Gasteiger partial charge in [0.15, 0.2) is 0 Å². The zero-order valence-electron chi connectivity index (χ0n) is 13.2. The van der Waals surface area contributed by atoms with Crippen LogP contribution >= 0.6 is 0 Å². The molecule has 2 rings (SSSR count). The summed E-state index contributed by atoms with van der Waals surface area (Å²) in [7, 11) is 0. The van der Waals surface area contributed by atoms with Gasteiger partial charge in [0, 0.05) is 6.04 Å². The number of amides is 2. The number of hydrogen-bond donors (Lipinski definition) is 1. The number of rotatable bonds is 4. The largest absolute Gasteiger partial charge is 0.342 e.